The molecule has 16 heavy (non-hydrogen) atoms. The van der Waals surface area contributed by atoms with Gasteiger partial charge in [-0.15, -0.1) is 0 Å². The Morgan fingerprint density at radius 2 is 2.25 bits per heavy atom. The number of aromatic nitrogens is 1. The molecule has 0 aliphatic rings. The van der Waals surface area contributed by atoms with E-state index in [-0.39, 0.29) is 11.6 Å². The first-order chi connectivity index (χ1) is 7.59. The maximum Gasteiger partial charge on any atom is 0.267 e. The van der Waals surface area contributed by atoms with E-state index in [0.717, 1.165) is 0 Å². The van der Waals surface area contributed by atoms with Crippen molar-refractivity contribution in [1.82, 2.24) is 10.3 Å². The van der Waals surface area contributed by atoms with Crippen molar-refractivity contribution < 1.29 is 9.59 Å². The number of nitrogens with zero attached hydrogens (tertiary/aromatic N) is 1. The minimum Gasteiger partial charge on any atom is -0.364 e. The standard InChI is InChI=1S/C11H13N3O2/c1-8(15)13-7-3-5-9-4-2-6-10(14-9)11(12)16/h2-6H,7H2,1H3,(H2,12,16)(H,13,15). The van der Waals surface area contributed by atoms with Crippen LogP contribution in [0.15, 0.2) is 24.3 Å². The van der Waals surface area contributed by atoms with Gasteiger partial charge in [-0.25, -0.2) is 4.98 Å². The fourth-order valence-electron chi connectivity index (χ4n) is 1.06. The van der Waals surface area contributed by atoms with E-state index >= 15 is 0 Å². The fraction of sp³-hybridized carbons (Fsp3) is 0.182. The van der Waals surface area contributed by atoms with Crippen LogP contribution in [-0.2, 0) is 4.79 Å². The molecule has 2 amide bonds. The molecule has 0 unspecified atom stereocenters. The Labute approximate surface area is 93.4 Å². The normalized spacial score (nSPS) is 10.3. The van der Waals surface area contributed by atoms with Crippen LogP contribution in [0, 0.1) is 0 Å². The number of carbonyl (C=O) groups is 2. The van der Waals surface area contributed by atoms with E-state index in [2.05, 4.69) is 10.3 Å². The Kier molecular flexibility index (Phi) is 4.20. The highest BCUT2D eigenvalue weighted by Crippen LogP contribution is 2.00. The molecule has 0 fully saturated rings. The van der Waals surface area contributed by atoms with Gasteiger partial charge in [0.05, 0.1) is 5.69 Å². The molecule has 0 aliphatic carbocycles. The fourth-order valence-corrected chi connectivity index (χ4v) is 1.06. The van der Waals surface area contributed by atoms with Crippen LogP contribution in [0.3, 0.4) is 0 Å². The van der Waals surface area contributed by atoms with Gasteiger partial charge in [-0.1, -0.05) is 12.1 Å². The van der Waals surface area contributed by atoms with E-state index in [0.29, 0.717) is 12.2 Å². The molecular formula is C11H13N3O2. The van der Waals surface area contributed by atoms with Crippen LogP contribution >= 0.6 is 0 Å². The smallest absolute Gasteiger partial charge is 0.267 e. The van der Waals surface area contributed by atoms with Gasteiger partial charge in [0, 0.05) is 13.5 Å². The molecule has 0 saturated carbocycles. The highest BCUT2D eigenvalue weighted by Gasteiger charge is 2.00. The Bertz CT molecular complexity index is 427. The number of carbonyl (C=O) groups excluding carboxylic acids is 2. The van der Waals surface area contributed by atoms with E-state index in [1.807, 2.05) is 0 Å². The Hall–Kier alpha value is -2.17. The molecule has 0 saturated heterocycles. The van der Waals surface area contributed by atoms with Crippen LogP contribution in [0.1, 0.15) is 23.1 Å². The largest absolute Gasteiger partial charge is 0.364 e. The van der Waals surface area contributed by atoms with Crippen LogP contribution in [0.4, 0.5) is 0 Å². The molecule has 0 aliphatic heterocycles. The first kappa shape index (κ1) is 11.9. The van der Waals surface area contributed by atoms with Gasteiger partial charge in [0.15, 0.2) is 0 Å². The summed E-state index contributed by atoms with van der Waals surface area (Å²) in [6.07, 6.45) is 3.46. The minimum absolute atomic E-state index is 0.0940. The zero-order chi connectivity index (χ0) is 12.0. The Morgan fingerprint density at radius 3 is 2.88 bits per heavy atom. The molecule has 0 atom stereocenters. The second-order valence-electron chi connectivity index (χ2n) is 3.15. The van der Waals surface area contributed by atoms with Crippen molar-refractivity contribution >= 4 is 17.9 Å². The summed E-state index contributed by atoms with van der Waals surface area (Å²) in [6.45, 7) is 1.87. The van der Waals surface area contributed by atoms with Crippen LogP contribution in [0.5, 0.6) is 0 Å². The highest BCUT2D eigenvalue weighted by molar-refractivity contribution is 5.90. The summed E-state index contributed by atoms with van der Waals surface area (Å²) in [5.41, 5.74) is 5.94. The molecule has 0 bridgehead atoms. The molecule has 0 aromatic carbocycles. The molecule has 84 valence electrons. The summed E-state index contributed by atoms with van der Waals surface area (Å²) in [5.74, 6) is -0.652. The molecule has 0 radical (unpaired) electrons. The van der Waals surface area contributed by atoms with Gasteiger partial charge in [-0.05, 0) is 18.2 Å². The van der Waals surface area contributed by atoms with Gasteiger partial charge in [0.2, 0.25) is 5.91 Å². The average Bonchev–Trinajstić information content (AvgIpc) is 2.24. The average molecular weight is 219 g/mol. The number of rotatable bonds is 4. The van der Waals surface area contributed by atoms with Crippen molar-refractivity contribution in [3.8, 4) is 0 Å². The minimum atomic E-state index is -0.558. The first-order valence-electron chi connectivity index (χ1n) is 4.77. The Balaban J connectivity index is 2.63. The number of pyridine rings is 1. The lowest BCUT2D eigenvalue weighted by atomic mass is 10.2. The highest BCUT2D eigenvalue weighted by atomic mass is 16.1. The van der Waals surface area contributed by atoms with E-state index in [1.165, 1.54) is 6.92 Å². The van der Waals surface area contributed by atoms with E-state index in [4.69, 9.17) is 5.73 Å². The van der Waals surface area contributed by atoms with Crippen molar-refractivity contribution in [3.05, 3.63) is 35.7 Å². The third-order valence-corrected chi connectivity index (χ3v) is 1.78. The van der Waals surface area contributed by atoms with Crippen LogP contribution < -0.4 is 11.1 Å². The predicted molar refractivity (Wildman–Crippen MR) is 60.5 cm³/mol. The topological polar surface area (TPSA) is 85.1 Å². The first-order valence-corrected chi connectivity index (χ1v) is 4.77. The number of hydrogen-bond acceptors (Lipinski definition) is 3. The molecule has 0 spiro atoms. The van der Waals surface area contributed by atoms with Gasteiger partial charge >= 0.3 is 0 Å². The number of amides is 2. The summed E-state index contributed by atoms with van der Waals surface area (Å²) in [6, 6.07) is 5.00. The van der Waals surface area contributed by atoms with Gasteiger partial charge in [0.1, 0.15) is 5.69 Å². The van der Waals surface area contributed by atoms with Crippen molar-refractivity contribution in [2.45, 2.75) is 6.92 Å². The summed E-state index contributed by atoms with van der Waals surface area (Å²) in [4.78, 5) is 25.4. The van der Waals surface area contributed by atoms with Gasteiger partial charge in [-0.3, -0.25) is 9.59 Å². The van der Waals surface area contributed by atoms with E-state index in [1.54, 1.807) is 30.4 Å². The number of nitrogens with two attached hydrogens (primary N) is 1. The SMILES string of the molecule is CC(=O)NCC=Cc1cccc(C(N)=O)n1. The van der Waals surface area contributed by atoms with Crippen LogP contribution in [0.25, 0.3) is 6.08 Å². The summed E-state index contributed by atoms with van der Waals surface area (Å²) < 4.78 is 0. The van der Waals surface area contributed by atoms with Crippen LogP contribution in [0.2, 0.25) is 0 Å². The summed E-state index contributed by atoms with van der Waals surface area (Å²) >= 11 is 0. The van der Waals surface area contributed by atoms with Crippen molar-refractivity contribution in [1.29, 1.82) is 0 Å². The molecule has 1 aromatic rings. The maximum atomic E-state index is 10.9. The van der Waals surface area contributed by atoms with Gasteiger partial charge < -0.3 is 11.1 Å². The van der Waals surface area contributed by atoms with Crippen molar-refractivity contribution in [2.24, 2.45) is 5.73 Å². The molecule has 1 heterocycles. The molecule has 5 nitrogen and oxygen atoms in total. The maximum absolute atomic E-state index is 10.9. The van der Waals surface area contributed by atoms with E-state index < -0.39 is 5.91 Å². The quantitative estimate of drug-likeness (QED) is 0.765. The predicted octanol–water partition coefficient (Wildman–Crippen LogP) is 0.330. The van der Waals surface area contributed by atoms with Gasteiger partial charge in [0.25, 0.3) is 5.91 Å². The van der Waals surface area contributed by atoms with Crippen LogP contribution in [-0.4, -0.2) is 23.3 Å². The Morgan fingerprint density at radius 1 is 1.50 bits per heavy atom. The lowest BCUT2D eigenvalue weighted by Gasteiger charge is -1.97. The van der Waals surface area contributed by atoms with E-state index in [9.17, 15) is 9.59 Å². The molecule has 1 aromatic heterocycles. The lowest BCUT2D eigenvalue weighted by molar-refractivity contribution is -0.118. The number of hydrogen-bond donors (Lipinski definition) is 2. The van der Waals surface area contributed by atoms with Crippen molar-refractivity contribution in [3.63, 3.8) is 0 Å². The van der Waals surface area contributed by atoms with Gasteiger partial charge in [-0.2, -0.15) is 0 Å². The lowest BCUT2D eigenvalue weighted by Crippen LogP contribution is -2.19. The van der Waals surface area contributed by atoms with Crippen molar-refractivity contribution in [2.75, 3.05) is 6.54 Å². The summed E-state index contributed by atoms with van der Waals surface area (Å²) in [5, 5.41) is 2.61. The molecule has 3 N–H and O–H groups in total. The molecular weight excluding hydrogens is 206 g/mol. The monoisotopic (exact) mass is 219 g/mol. The zero-order valence-corrected chi connectivity index (χ0v) is 8.93. The summed E-state index contributed by atoms with van der Waals surface area (Å²) in [7, 11) is 0. The molecule has 5 heteroatoms. The third-order valence-electron chi connectivity index (χ3n) is 1.78. The second kappa shape index (κ2) is 5.65. The number of primary amides is 1. The number of nitrogens with one attached hydrogen (secondary N) is 1. The zero-order valence-electron chi connectivity index (χ0n) is 8.93. The third kappa shape index (κ3) is 3.91. The molecule has 1 rings (SSSR count). The second-order valence-corrected chi connectivity index (χ2v) is 3.15.